The Balaban J connectivity index is 4.83. The smallest absolute Gasteiger partial charge is 0.310 e. The SMILES string of the molecule is CCCOCC(CC(=O)CC(=O)O)(OCCC)OCCC. The first kappa shape index (κ1) is 20.0. The van der Waals surface area contributed by atoms with Gasteiger partial charge < -0.3 is 19.3 Å². The zero-order valence-corrected chi connectivity index (χ0v) is 13.4. The van der Waals surface area contributed by atoms with Crippen LogP contribution >= 0.6 is 0 Å². The molecule has 0 aromatic heterocycles. The van der Waals surface area contributed by atoms with Gasteiger partial charge in [0.2, 0.25) is 0 Å². The minimum atomic E-state index is -1.17. The molecule has 124 valence electrons. The predicted octanol–water partition coefficient (Wildman–Crippen LogP) is 2.40. The van der Waals surface area contributed by atoms with E-state index in [-0.39, 0.29) is 13.0 Å². The quantitative estimate of drug-likeness (QED) is 0.301. The molecule has 6 heteroatoms. The summed E-state index contributed by atoms with van der Waals surface area (Å²) in [6, 6.07) is 0. The third-order valence-corrected chi connectivity index (χ3v) is 2.62. The Morgan fingerprint density at radius 3 is 1.90 bits per heavy atom. The number of rotatable bonds is 14. The average molecular weight is 304 g/mol. The normalized spacial score (nSPS) is 11.6. The lowest BCUT2D eigenvalue weighted by Crippen LogP contribution is -2.44. The zero-order valence-electron chi connectivity index (χ0n) is 13.4. The van der Waals surface area contributed by atoms with Crippen LogP contribution in [0.25, 0.3) is 0 Å². The number of ether oxygens (including phenoxy) is 3. The largest absolute Gasteiger partial charge is 0.481 e. The van der Waals surface area contributed by atoms with Crippen LogP contribution in [-0.4, -0.2) is 49.1 Å². The van der Waals surface area contributed by atoms with Crippen molar-refractivity contribution in [2.24, 2.45) is 0 Å². The molecule has 0 aliphatic heterocycles. The highest BCUT2D eigenvalue weighted by molar-refractivity contribution is 5.95. The van der Waals surface area contributed by atoms with Gasteiger partial charge in [-0.2, -0.15) is 0 Å². The maximum absolute atomic E-state index is 11.8. The van der Waals surface area contributed by atoms with Crippen molar-refractivity contribution < 1.29 is 28.9 Å². The number of Topliss-reactive ketones (excluding diaryl/α,β-unsaturated/α-hetero) is 1. The highest BCUT2D eigenvalue weighted by Crippen LogP contribution is 2.22. The molecule has 0 unspecified atom stereocenters. The topological polar surface area (TPSA) is 82.1 Å². The summed E-state index contributed by atoms with van der Waals surface area (Å²) in [5.41, 5.74) is 0. The van der Waals surface area contributed by atoms with Crippen LogP contribution in [0, 0.1) is 0 Å². The van der Waals surface area contributed by atoms with Gasteiger partial charge in [-0.1, -0.05) is 20.8 Å². The Labute approximate surface area is 126 Å². The Morgan fingerprint density at radius 1 is 0.952 bits per heavy atom. The number of carbonyl (C=O) groups excluding carboxylic acids is 1. The minimum absolute atomic E-state index is 0.108. The van der Waals surface area contributed by atoms with Crippen LogP contribution in [0.15, 0.2) is 0 Å². The third kappa shape index (κ3) is 9.55. The molecule has 0 atom stereocenters. The summed E-state index contributed by atoms with van der Waals surface area (Å²) in [7, 11) is 0. The van der Waals surface area contributed by atoms with E-state index in [4.69, 9.17) is 19.3 Å². The number of carboxylic acid groups (broad SMARTS) is 1. The van der Waals surface area contributed by atoms with Crippen molar-refractivity contribution in [2.75, 3.05) is 26.4 Å². The van der Waals surface area contributed by atoms with Crippen molar-refractivity contribution in [1.82, 2.24) is 0 Å². The summed E-state index contributed by atoms with van der Waals surface area (Å²) in [4.78, 5) is 22.5. The van der Waals surface area contributed by atoms with Crippen LogP contribution in [0.4, 0.5) is 0 Å². The Kier molecular flexibility index (Phi) is 11.1. The highest BCUT2D eigenvalue weighted by Gasteiger charge is 2.35. The second kappa shape index (κ2) is 11.7. The number of ketones is 1. The molecule has 0 aliphatic carbocycles. The molecule has 1 N–H and O–H groups in total. The first-order valence-electron chi connectivity index (χ1n) is 7.58. The summed E-state index contributed by atoms with van der Waals surface area (Å²) < 4.78 is 16.9. The van der Waals surface area contributed by atoms with E-state index in [0.717, 1.165) is 19.3 Å². The van der Waals surface area contributed by atoms with Crippen LogP contribution in [0.5, 0.6) is 0 Å². The summed E-state index contributed by atoms with van der Waals surface area (Å²) >= 11 is 0. The van der Waals surface area contributed by atoms with Gasteiger partial charge in [0.25, 0.3) is 0 Å². The van der Waals surface area contributed by atoms with Gasteiger partial charge in [-0.05, 0) is 19.3 Å². The molecular formula is C15H28O6. The van der Waals surface area contributed by atoms with E-state index in [1.807, 2.05) is 20.8 Å². The Hall–Kier alpha value is -0.980. The minimum Gasteiger partial charge on any atom is -0.481 e. The molecule has 0 amide bonds. The lowest BCUT2D eigenvalue weighted by Gasteiger charge is -2.33. The molecular weight excluding hydrogens is 276 g/mol. The van der Waals surface area contributed by atoms with Gasteiger partial charge in [0.15, 0.2) is 5.79 Å². The summed E-state index contributed by atoms with van der Waals surface area (Å²) in [6.07, 6.45) is 1.76. The molecule has 0 fully saturated rings. The molecule has 0 radical (unpaired) electrons. The molecule has 0 aliphatic rings. The molecule has 0 aromatic carbocycles. The lowest BCUT2D eigenvalue weighted by atomic mass is 10.1. The second-order valence-electron chi connectivity index (χ2n) is 4.95. The van der Waals surface area contributed by atoms with Crippen LogP contribution in [0.3, 0.4) is 0 Å². The number of carboxylic acids is 1. The second-order valence-corrected chi connectivity index (χ2v) is 4.95. The fourth-order valence-electron chi connectivity index (χ4n) is 1.76. The number of aliphatic carboxylic acids is 1. The first-order chi connectivity index (χ1) is 9.99. The van der Waals surface area contributed by atoms with Crippen molar-refractivity contribution in [1.29, 1.82) is 0 Å². The van der Waals surface area contributed by atoms with Gasteiger partial charge in [0.1, 0.15) is 18.8 Å². The van der Waals surface area contributed by atoms with Crippen molar-refractivity contribution in [3.63, 3.8) is 0 Å². The van der Waals surface area contributed by atoms with E-state index < -0.39 is 24.0 Å². The third-order valence-electron chi connectivity index (χ3n) is 2.62. The van der Waals surface area contributed by atoms with Gasteiger partial charge in [-0.25, -0.2) is 0 Å². The molecule has 0 rings (SSSR count). The average Bonchev–Trinajstić information content (AvgIpc) is 2.42. The molecule has 0 bridgehead atoms. The zero-order chi connectivity index (χ0) is 16.1. The molecule has 0 spiro atoms. The summed E-state index contributed by atoms with van der Waals surface area (Å²) in [5.74, 6) is -2.74. The Bertz CT molecular complexity index is 295. The van der Waals surface area contributed by atoms with Crippen molar-refractivity contribution in [2.45, 2.75) is 58.7 Å². The van der Waals surface area contributed by atoms with E-state index >= 15 is 0 Å². The fourth-order valence-corrected chi connectivity index (χ4v) is 1.76. The van der Waals surface area contributed by atoms with E-state index in [9.17, 15) is 9.59 Å². The van der Waals surface area contributed by atoms with E-state index in [2.05, 4.69) is 0 Å². The lowest BCUT2D eigenvalue weighted by molar-refractivity contribution is -0.261. The van der Waals surface area contributed by atoms with Crippen molar-refractivity contribution in [3.8, 4) is 0 Å². The van der Waals surface area contributed by atoms with Crippen LogP contribution in [0.1, 0.15) is 52.9 Å². The molecule has 0 saturated heterocycles. The number of carbonyl (C=O) groups is 2. The Morgan fingerprint density at radius 2 is 1.48 bits per heavy atom. The van der Waals surface area contributed by atoms with Gasteiger partial charge in [-0.15, -0.1) is 0 Å². The van der Waals surface area contributed by atoms with E-state index in [0.29, 0.717) is 19.8 Å². The van der Waals surface area contributed by atoms with Gasteiger partial charge in [0, 0.05) is 19.8 Å². The van der Waals surface area contributed by atoms with Crippen LogP contribution in [0.2, 0.25) is 0 Å². The maximum Gasteiger partial charge on any atom is 0.310 e. The monoisotopic (exact) mass is 304 g/mol. The maximum atomic E-state index is 11.8. The summed E-state index contributed by atoms with van der Waals surface area (Å²) in [5, 5.41) is 8.71. The highest BCUT2D eigenvalue weighted by atomic mass is 16.7. The van der Waals surface area contributed by atoms with Crippen LogP contribution in [-0.2, 0) is 23.8 Å². The number of hydrogen-bond donors (Lipinski definition) is 1. The van der Waals surface area contributed by atoms with E-state index in [1.165, 1.54) is 0 Å². The molecule has 0 aromatic rings. The molecule has 0 saturated carbocycles. The molecule has 0 heterocycles. The van der Waals surface area contributed by atoms with Gasteiger partial charge in [0.05, 0.1) is 6.42 Å². The van der Waals surface area contributed by atoms with Crippen molar-refractivity contribution >= 4 is 11.8 Å². The fraction of sp³-hybridized carbons (Fsp3) is 0.867. The summed E-state index contributed by atoms with van der Waals surface area (Å²) in [6.45, 7) is 7.43. The van der Waals surface area contributed by atoms with Crippen molar-refractivity contribution in [3.05, 3.63) is 0 Å². The van der Waals surface area contributed by atoms with E-state index in [1.54, 1.807) is 0 Å². The van der Waals surface area contributed by atoms with Crippen LogP contribution < -0.4 is 0 Å². The molecule has 21 heavy (non-hydrogen) atoms. The standard InChI is InChI=1S/C15H28O6/c1-4-7-19-12-15(20-8-5-2,21-9-6-3)11-13(16)10-14(17)18/h4-12H2,1-3H3,(H,17,18). The van der Waals surface area contributed by atoms with Gasteiger partial charge >= 0.3 is 5.97 Å². The molecule has 6 nitrogen and oxygen atoms in total. The predicted molar refractivity (Wildman–Crippen MR) is 78.2 cm³/mol. The van der Waals surface area contributed by atoms with Gasteiger partial charge in [-0.3, -0.25) is 9.59 Å². The first-order valence-corrected chi connectivity index (χ1v) is 7.58. The number of hydrogen-bond acceptors (Lipinski definition) is 5.